The summed E-state index contributed by atoms with van der Waals surface area (Å²) in [6.45, 7) is 3.82. The number of esters is 1. The smallest absolute Gasteiger partial charge is 0.326 e. The second-order valence-corrected chi connectivity index (χ2v) is 5.79. The quantitative estimate of drug-likeness (QED) is 0.671. The number of para-hydroxylation sites is 2. The van der Waals surface area contributed by atoms with Crippen LogP contribution in [0.1, 0.15) is 24.4 Å². The van der Waals surface area contributed by atoms with Gasteiger partial charge in [0.1, 0.15) is 18.5 Å². The third-order valence-corrected chi connectivity index (χ3v) is 4.13. The van der Waals surface area contributed by atoms with Crippen LogP contribution in [0.15, 0.2) is 48.5 Å². The van der Waals surface area contributed by atoms with Crippen LogP contribution in [0.5, 0.6) is 0 Å². The molecule has 5 heteroatoms. The van der Waals surface area contributed by atoms with Crippen molar-refractivity contribution < 1.29 is 9.53 Å². The van der Waals surface area contributed by atoms with Gasteiger partial charge in [0, 0.05) is 10.6 Å². The highest BCUT2D eigenvalue weighted by atomic mass is 35.5. The second-order valence-electron chi connectivity index (χ2n) is 5.39. The fourth-order valence-corrected chi connectivity index (χ4v) is 2.92. The molecule has 0 saturated heterocycles. The molecule has 4 nitrogen and oxygen atoms in total. The number of carbonyl (C=O) groups is 1. The molecule has 1 unspecified atom stereocenters. The summed E-state index contributed by atoms with van der Waals surface area (Å²) in [6, 6.07) is 15.1. The summed E-state index contributed by atoms with van der Waals surface area (Å²) in [5, 5.41) is 0.595. The number of hydrogen-bond donors (Lipinski definition) is 0. The Kier molecular flexibility index (Phi) is 4.35. The van der Waals surface area contributed by atoms with Crippen LogP contribution in [-0.2, 0) is 16.1 Å². The van der Waals surface area contributed by atoms with E-state index in [9.17, 15) is 4.79 Å². The highest BCUT2D eigenvalue weighted by Gasteiger charge is 2.16. The molecular weight excluding hydrogens is 312 g/mol. The minimum absolute atomic E-state index is 0.126. The van der Waals surface area contributed by atoms with Gasteiger partial charge in [0.15, 0.2) is 0 Å². The molecule has 0 spiro atoms. The van der Waals surface area contributed by atoms with Gasteiger partial charge in [-0.05, 0) is 32.0 Å². The third kappa shape index (κ3) is 3.22. The number of aryl methyl sites for hydroxylation is 1. The Balaban J connectivity index is 1.76. The largest absolute Gasteiger partial charge is 0.456 e. The predicted molar refractivity (Wildman–Crippen MR) is 90.4 cm³/mol. The molecule has 118 valence electrons. The van der Waals surface area contributed by atoms with E-state index in [2.05, 4.69) is 4.98 Å². The van der Waals surface area contributed by atoms with Crippen molar-refractivity contribution in [1.29, 1.82) is 0 Å². The summed E-state index contributed by atoms with van der Waals surface area (Å²) in [6.07, 6.45) is -0.397. The first kappa shape index (κ1) is 15.6. The van der Waals surface area contributed by atoms with E-state index in [1.54, 1.807) is 6.07 Å². The number of rotatable bonds is 4. The van der Waals surface area contributed by atoms with E-state index in [4.69, 9.17) is 16.3 Å². The molecule has 0 fully saturated rings. The van der Waals surface area contributed by atoms with Crippen molar-refractivity contribution in [2.24, 2.45) is 0 Å². The number of benzene rings is 2. The lowest BCUT2D eigenvalue weighted by Gasteiger charge is -2.15. The summed E-state index contributed by atoms with van der Waals surface area (Å²) < 4.78 is 7.38. The Bertz CT molecular complexity index is 857. The van der Waals surface area contributed by atoms with E-state index < -0.39 is 6.10 Å². The van der Waals surface area contributed by atoms with Gasteiger partial charge in [0.2, 0.25) is 0 Å². The van der Waals surface area contributed by atoms with Crippen molar-refractivity contribution in [3.05, 3.63) is 64.9 Å². The lowest BCUT2D eigenvalue weighted by atomic mass is 10.1. The number of carbonyl (C=O) groups excluding carboxylic acids is 1. The highest BCUT2D eigenvalue weighted by Crippen LogP contribution is 2.25. The van der Waals surface area contributed by atoms with Crippen molar-refractivity contribution >= 4 is 28.6 Å². The maximum atomic E-state index is 12.3. The topological polar surface area (TPSA) is 44.1 Å². The molecule has 0 aliphatic heterocycles. The van der Waals surface area contributed by atoms with Gasteiger partial charge >= 0.3 is 5.97 Å². The van der Waals surface area contributed by atoms with Gasteiger partial charge in [-0.25, -0.2) is 4.98 Å². The van der Waals surface area contributed by atoms with Gasteiger partial charge in [0.25, 0.3) is 0 Å². The number of nitrogens with zero attached hydrogens (tertiary/aromatic N) is 2. The summed E-state index contributed by atoms with van der Waals surface area (Å²) in [5.74, 6) is 0.470. The van der Waals surface area contributed by atoms with Gasteiger partial charge in [-0.2, -0.15) is 0 Å². The molecule has 0 aliphatic rings. The average Bonchev–Trinajstić information content (AvgIpc) is 2.83. The molecule has 0 N–H and O–H groups in total. The standard InChI is InChI=1S/C18H17ClN2O2/c1-12(14-7-3-4-8-15(14)19)23-18(22)11-21-13(2)20-16-9-5-6-10-17(16)21/h3-10,12H,11H2,1-2H3. The summed E-state index contributed by atoms with van der Waals surface area (Å²) in [5.41, 5.74) is 2.60. The molecule has 0 saturated carbocycles. The normalized spacial score (nSPS) is 12.3. The van der Waals surface area contributed by atoms with Crippen LogP contribution in [-0.4, -0.2) is 15.5 Å². The molecule has 3 rings (SSSR count). The molecule has 23 heavy (non-hydrogen) atoms. The molecular formula is C18H17ClN2O2. The predicted octanol–water partition coefficient (Wildman–Crippen LogP) is 4.30. The average molecular weight is 329 g/mol. The molecule has 0 bridgehead atoms. The number of ether oxygens (including phenoxy) is 1. The maximum Gasteiger partial charge on any atom is 0.326 e. The van der Waals surface area contributed by atoms with E-state index >= 15 is 0 Å². The van der Waals surface area contributed by atoms with Crippen LogP contribution >= 0.6 is 11.6 Å². The zero-order valence-electron chi connectivity index (χ0n) is 13.0. The van der Waals surface area contributed by atoms with E-state index in [1.165, 1.54) is 0 Å². The summed E-state index contributed by atoms with van der Waals surface area (Å²) >= 11 is 6.14. The maximum absolute atomic E-state index is 12.3. The van der Waals surface area contributed by atoms with E-state index in [0.29, 0.717) is 5.02 Å². The van der Waals surface area contributed by atoms with Crippen LogP contribution in [0, 0.1) is 6.92 Å². The lowest BCUT2D eigenvalue weighted by molar-refractivity contribution is -0.149. The highest BCUT2D eigenvalue weighted by molar-refractivity contribution is 6.31. The van der Waals surface area contributed by atoms with Crippen LogP contribution < -0.4 is 0 Å². The number of fused-ring (bicyclic) bond motifs is 1. The Morgan fingerprint density at radius 3 is 2.70 bits per heavy atom. The number of imidazole rings is 1. The van der Waals surface area contributed by atoms with Crippen LogP contribution in [0.4, 0.5) is 0 Å². The SMILES string of the molecule is Cc1nc2ccccc2n1CC(=O)OC(C)c1ccccc1Cl. The molecule has 1 aromatic heterocycles. The van der Waals surface area contributed by atoms with Crippen LogP contribution in [0.25, 0.3) is 11.0 Å². The first-order chi connectivity index (χ1) is 11.1. The number of aromatic nitrogens is 2. The Hall–Kier alpha value is -2.33. The van der Waals surface area contributed by atoms with E-state index in [-0.39, 0.29) is 12.5 Å². The molecule has 0 radical (unpaired) electrons. The minimum Gasteiger partial charge on any atom is -0.456 e. The zero-order valence-corrected chi connectivity index (χ0v) is 13.7. The molecule has 1 atom stereocenters. The van der Waals surface area contributed by atoms with E-state index in [1.807, 2.05) is 60.9 Å². The fourth-order valence-electron chi connectivity index (χ4n) is 2.63. The molecule has 0 aliphatic carbocycles. The second kappa shape index (κ2) is 6.42. The van der Waals surface area contributed by atoms with Gasteiger partial charge < -0.3 is 9.30 Å². The Morgan fingerprint density at radius 2 is 1.91 bits per heavy atom. The Morgan fingerprint density at radius 1 is 1.22 bits per heavy atom. The molecule has 1 heterocycles. The van der Waals surface area contributed by atoms with Crippen molar-refractivity contribution in [2.75, 3.05) is 0 Å². The fraction of sp³-hybridized carbons (Fsp3) is 0.222. The van der Waals surface area contributed by atoms with Crippen molar-refractivity contribution in [1.82, 2.24) is 9.55 Å². The lowest BCUT2D eigenvalue weighted by Crippen LogP contribution is -2.16. The van der Waals surface area contributed by atoms with Gasteiger partial charge in [-0.3, -0.25) is 4.79 Å². The Labute approximate surface area is 139 Å². The minimum atomic E-state index is -0.397. The summed E-state index contributed by atoms with van der Waals surface area (Å²) in [4.78, 5) is 16.7. The van der Waals surface area contributed by atoms with Gasteiger partial charge in [-0.15, -0.1) is 0 Å². The van der Waals surface area contributed by atoms with Crippen LogP contribution in [0.2, 0.25) is 5.02 Å². The first-order valence-electron chi connectivity index (χ1n) is 7.42. The van der Waals surface area contributed by atoms with Crippen molar-refractivity contribution in [2.45, 2.75) is 26.5 Å². The molecule has 2 aromatic carbocycles. The number of hydrogen-bond acceptors (Lipinski definition) is 3. The zero-order chi connectivity index (χ0) is 16.4. The molecule has 0 amide bonds. The van der Waals surface area contributed by atoms with Gasteiger partial charge in [-0.1, -0.05) is 41.9 Å². The monoisotopic (exact) mass is 328 g/mol. The van der Waals surface area contributed by atoms with Crippen LogP contribution in [0.3, 0.4) is 0 Å². The summed E-state index contributed by atoms with van der Waals surface area (Å²) in [7, 11) is 0. The van der Waals surface area contributed by atoms with Gasteiger partial charge in [0.05, 0.1) is 11.0 Å². The van der Waals surface area contributed by atoms with E-state index in [0.717, 1.165) is 22.4 Å². The molecule has 3 aromatic rings. The third-order valence-electron chi connectivity index (χ3n) is 3.78. The first-order valence-corrected chi connectivity index (χ1v) is 7.80. The van der Waals surface area contributed by atoms with Crippen molar-refractivity contribution in [3.63, 3.8) is 0 Å². The van der Waals surface area contributed by atoms with Crippen molar-refractivity contribution in [3.8, 4) is 0 Å². The number of halogens is 1.